The van der Waals surface area contributed by atoms with Crippen LogP contribution in [0, 0.1) is 5.95 Å². The summed E-state index contributed by atoms with van der Waals surface area (Å²) >= 11 is 0. The number of sulfone groups is 1. The Labute approximate surface area is 147 Å². The van der Waals surface area contributed by atoms with Gasteiger partial charge in [-0.3, -0.25) is 4.79 Å². The lowest BCUT2D eigenvalue weighted by Gasteiger charge is -2.29. The molecule has 0 N–H and O–H groups in total. The Hall–Kier alpha value is -2.28. The molecule has 0 bridgehead atoms. The van der Waals surface area contributed by atoms with Crippen LogP contribution in [0.4, 0.5) is 10.1 Å². The number of ketones is 1. The fourth-order valence-corrected chi connectivity index (χ4v) is 3.15. The fourth-order valence-electron chi connectivity index (χ4n) is 2.48. The second-order valence-corrected chi connectivity index (χ2v) is 8.29. The van der Waals surface area contributed by atoms with Crippen molar-refractivity contribution in [1.82, 2.24) is 4.98 Å². The lowest BCUT2D eigenvalue weighted by Crippen LogP contribution is -2.28. The molecule has 0 aliphatic carbocycles. The van der Waals surface area contributed by atoms with Gasteiger partial charge in [-0.2, -0.15) is 4.39 Å². The van der Waals surface area contributed by atoms with Crippen LogP contribution in [0.25, 0.3) is 11.1 Å². The first kappa shape index (κ1) is 19.1. The minimum Gasteiger partial charge on any atom is -0.371 e. The monoisotopic (exact) mass is 364 g/mol. The predicted molar refractivity (Wildman–Crippen MR) is 96.3 cm³/mol. The summed E-state index contributed by atoms with van der Waals surface area (Å²) in [5, 5.41) is 0. The second kappa shape index (κ2) is 6.92. The number of pyridine rings is 1. The first-order valence-corrected chi connectivity index (χ1v) is 9.65. The SMILES string of the molecule is CC(=O)c1cc(S(C)(=O)=O)cc(-c2ccc(F)nc2)c1N(C)C(C)C. The van der Waals surface area contributed by atoms with E-state index >= 15 is 0 Å². The molecule has 2 aromatic rings. The number of hydrogen-bond donors (Lipinski definition) is 0. The van der Waals surface area contributed by atoms with Gasteiger partial charge in [0.25, 0.3) is 0 Å². The number of carbonyl (C=O) groups excluding carboxylic acids is 1. The summed E-state index contributed by atoms with van der Waals surface area (Å²) in [6, 6.07) is 5.69. The number of halogens is 1. The molecule has 0 unspecified atom stereocenters. The summed E-state index contributed by atoms with van der Waals surface area (Å²) in [6.45, 7) is 5.31. The van der Waals surface area contributed by atoms with E-state index in [0.29, 0.717) is 22.4 Å². The molecular formula is C18H21FN2O3S. The van der Waals surface area contributed by atoms with Gasteiger partial charge in [0, 0.05) is 42.2 Å². The molecule has 25 heavy (non-hydrogen) atoms. The third kappa shape index (κ3) is 4.04. The van der Waals surface area contributed by atoms with E-state index in [-0.39, 0.29) is 16.7 Å². The standard InChI is InChI=1S/C18H21FN2O3S/c1-11(2)21(4)18-15(12(3)22)8-14(25(5,23)24)9-16(18)13-6-7-17(19)20-10-13/h6-11H,1-5H3. The highest BCUT2D eigenvalue weighted by molar-refractivity contribution is 7.90. The van der Waals surface area contributed by atoms with Gasteiger partial charge in [-0.15, -0.1) is 0 Å². The topological polar surface area (TPSA) is 67.3 Å². The molecule has 1 heterocycles. The number of nitrogens with zero attached hydrogens (tertiary/aromatic N) is 2. The molecule has 0 fully saturated rings. The Kier molecular flexibility index (Phi) is 5.27. The van der Waals surface area contributed by atoms with Crippen molar-refractivity contribution in [2.45, 2.75) is 31.7 Å². The molecule has 0 atom stereocenters. The molecule has 5 nitrogen and oxygen atoms in total. The van der Waals surface area contributed by atoms with Gasteiger partial charge in [0.1, 0.15) is 0 Å². The molecule has 7 heteroatoms. The van der Waals surface area contributed by atoms with Gasteiger partial charge in [0.05, 0.1) is 10.6 Å². The van der Waals surface area contributed by atoms with Crippen LogP contribution in [0.3, 0.4) is 0 Å². The minimum atomic E-state index is -3.53. The zero-order chi connectivity index (χ0) is 18.9. The van der Waals surface area contributed by atoms with E-state index in [4.69, 9.17) is 0 Å². The van der Waals surface area contributed by atoms with Crippen LogP contribution < -0.4 is 4.90 Å². The van der Waals surface area contributed by atoms with E-state index in [0.717, 1.165) is 6.26 Å². The van der Waals surface area contributed by atoms with Crippen molar-refractivity contribution in [3.8, 4) is 11.1 Å². The Morgan fingerprint density at radius 3 is 2.32 bits per heavy atom. The molecule has 0 saturated carbocycles. The minimum absolute atomic E-state index is 0.0398. The first-order valence-electron chi connectivity index (χ1n) is 7.76. The Bertz CT molecular complexity index is 907. The summed E-state index contributed by atoms with van der Waals surface area (Å²) in [5.41, 5.74) is 1.97. The summed E-state index contributed by atoms with van der Waals surface area (Å²) in [4.78, 5) is 17.8. The quantitative estimate of drug-likeness (QED) is 0.601. The number of hydrogen-bond acceptors (Lipinski definition) is 5. The van der Waals surface area contributed by atoms with Crippen molar-refractivity contribution in [2.75, 3.05) is 18.2 Å². The van der Waals surface area contributed by atoms with Crippen LogP contribution in [-0.4, -0.2) is 38.5 Å². The van der Waals surface area contributed by atoms with E-state index in [1.807, 2.05) is 25.8 Å². The van der Waals surface area contributed by atoms with Gasteiger partial charge in [0.2, 0.25) is 5.95 Å². The maximum Gasteiger partial charge on any atom is 0.212 e. The van der Waals surface area contributed by atoms with Crippen LogP contribution >= 0.6 is 0 Å². The highest BCUT2D eigenvalue weighted by Gasteiger charge is 2.23. The average Bonchev–Trinajstić information content (AvgIpc) is 2.52. The predicted octanol–water partition coefficient (Wildman–Crippen LogP) is 3.34. The highest BCUT2D eigenvalue weighted by atomic mass is 32.2. The Morgan fingerprint density at radius 2 is 1.88 bits per heavy atom. The van der Waals surface area contributed by atoms with Gasteiger partial charge < -0.3 is 4.90 Å². The lowest BCUT2D eigenvalue weighted by atomic mass is 9.97. The fraction of sp³-hybridized carbons (Fsp3) is 0.333. The van der Waals surface area contributed by atoms with Crippen molar-refractivity contribution in [1.29, 1.82) is 0 Å². The lowest BCUT2D eigenvalue weighted by molar-refractivity contribution is 0.101. The van der Waals surface area contributed by atoms with Crippen LogP contribution in [-0.2, 0) is 9.84 Å². The van der Waals surface area contributed by atoms with Gasteiger partial charge >= 0.3 is 0 Å². The molecule has 0 amide bonds. The van der Waals surface area contributed by atoms with Crippen molar-refractivity contribution in [2.24, 2.45) is 0 Å². The zero-order valence-electron chi connectivity index (χ0n) is 14.9. The maximum atomic E-state index is 13.2. The summed E-state index contributed by atoms with van der Waals surface area (Å²) in [7, 11) is -1.70. The van der Waals surface area contributed by atoms with Gasteiger partial charge in [-0.25, -0.2) is 13.4 Å². The summed E-state index contributed by atoms with van der Waals surface area (Å²) < 4.78 is 37.3. The molecule has 1 aromatic carbocycles. The molecule has 134 valence electrons. The third-order valence-corrected chi connectivity index (χ3v) is 5.15. The van der Waals surface area contributed by atoms with Crippen LogP contribution in [0.15, 0.2) is 35.4 Å². The van der Waals surface area contributed by atoms with Crippen LogP contribution in [0.2, 0.25) is 0 Å². The van der Waals surface area contributed by atoms with Crippen molar-refractivity contribution < 1.29 is 17.6 Å². The smallest absolute Gasteiger partial charge is 0.212 e. The number of Topliss-reactive ketones (excluding diaryl/α,β-unsaturated/α-hetero) is 1. The maximum absolute atomic E-state index is 13.2. The van der Waals surface area contributed by atoms with Gasteiger partial charge in [0.15, 0.2) is 15.6 Å². The Morgan fingerprint density at radius 1 is 1.24 bits per heavy atom. The highest BCUT2D eigenvalue weighted by Crippen LogP contribution is 2.37. The largest absolute Gasteiger partial charge is 0.371 e. The molecule has 0 spiro atoms. The number of carbonyl (C=O) groups is 1. The number of aromatic nitrogens is 1. The second-order valence-electron chi connectivity index (χ2n) is 6.27. The summed E-state index contributed by atoms with van der Waals surface area (Å²) in [5.74, 6) is -0.877. The number of rotatable bonds is 5. The van der Waals surface area contributed by atoms with Crippen LogP contribution in [0.1, 0.15) is 31.1 Å². The molecular weight excluding hydrogens is 343 g/mol. The molecule has 1 aromatic heterocycles. The number of anilines is 1. The van der Waals surface area contributed by atoms with Crippen molar-refractivity contribution in [3.05, 3.63) is 42.0 Å². The first-order chi connectivity index (χ1) is 11.5. The third-order valence-electron chi connectivity index (χ3n) is 4.06. The molecule has 0 aliphatic heterocycles. The molecule has 0 saturated heterocycles. The van der Waals surface area contributed by atoms with Gasteiger partial charge in [-0.1, -0.05) is 0 Å². The van der Waals surface area contributed by atoms with Crippen LogP contribution in [0.5, 0.6) is 0 Å². The van der Waals surface area contributed by atoms with Gasteiger partial charge in [-0.05, 0) is 45.0 Å². The van der Waals surface area contributed by atoms with E-state index in [1.54, 1.807) is 0 Å². The zero-order valence-corrected chi connectivity index (χ0v) is 15.7. The normalized spacial score (nSPS) is 11.6. The van der Waals surface area contributed by atoms with E-state index in [2.05, 4.69) is 4.98 Å². The number of benzene rings is 1. The van der Waals surface area contributed by atoms with Crippen molar-refractivity contribution >= 4 is 21.3 Å². The molecule has 0 radical (unpaired) electrons. The molecule has 2 rings (SSSR count). The average molecular weight is 364 g/mol. The van der Waals surface area contributed by atoms with E-state index < -0.39 is 15.8 Å². The van der Waals surface area contributed by atoms with E-state index in [9.17, 15) is 17.6 Å². The van der Waals surface area contributed by atoms with E-state index in [1.165, 1.54) is 37.4 Å². The molecule has 0 aliphatic rings. The summed E-state index contributed by atoms with van der Waals surface area (Å²) in [6.07, 6.45) is 2.42. The van der Waals surface area contributed by atoms with Crippen molar-refractivity contribution in [3.63, 3.8) is 0 Å². The Balaban J connectivity index is 2.91.